The molecule has 0 aliphatic carbocycles. The van der Waals surface area contributed by atoms with E-state index in [1.807, 2.05) is 37.3 Å². The Balaban J connectivity index is 1.48. The second-order valence-corrected chi connectivity index (χ2v) is 8.16. The molecule has 7 heteroatoms. The van der Waals surface area contributed by atoms with Gasteiger partial charge in [0.15, 0.2) is 5.17 Å². The van der Waals surface area contributed by atoms with Crippen molar-refractivity contribution in [3.63, 3.8) is 0 Å². The van der Waals surface area contributed by atoms with Gasteiger partial charge >= 0.3 is 0 Å². The zero-order valence-corrected chi connectivity index (χ0v) is 18.5. The van der Waals surface area contributed by atoms with Crippen molar-refractivity contribution in [1.29, 1.82) is 0 Å². The highest BCUT2D eigenvalue weighted by Crippen LogP contribution is 2.24. The van der Waals surface area contributed by atoms with Gasteiger partial charge in [-0.05, 0) is 50.6 Å². The monoisotopic (exact) mass is 424 g/mol. The van der Waals surface area contributed by atoms with Gasteiger partial charge in [-0.3, -0.25) is 19.5 Å². The van der Waals surface area contributed by atoms with Crippen LogP contribution in [0.3, 0.4) is 0 Å². The minimum atomic E-state index is -0.0708. The standard InChI is InChI=1S/C23H28N4O2S/c1-4-26(20-7-5-6-18(3)14-20)13-12-24-21(28)16-30-23-25-15-22(29)27(23)19-10-8-17(2)9-11-19/h5-11,14H,4,12-13,15-16H2,1-3H3,(H,24,28). The number of amidine groups is 1. The first kappa shape index (κ1) is 21.9. The Labute approximate surface area is 182 Å². The second kappa shape index (κ2) is 10.3. The number of amides is 2. The predicted molar refractivity (Wildman–Crippen MR) is 126 cm³/mol. The molecule has 3 rings (SSSR count). The highest BCUT2D eigenvalue weighted by atomic mass is 32.2. The lowest BCUT2D eigenvalue weighted by Gasteiger charge is -2.23. The molecule has 2 amide bonds. The van der Waals surface area contributed by atoms with E-state index >= 15 is 0 Å². The molecule has 2 aromatic rings. The maximum Gasteiger partial charge on any atom is 0.254 e. The van der Waals surface area contributed by atoms with Crippen LogP contribution in [0.25, 0.3) is 0 Å². The number of aliphatic imine (C=N–C) groups is 1. The molecule has 1 N–H and O–H groups in total. The van der Waals surface area contributed by atoms with Crippen molar-refractivity contribution in [2.24, 2.45) is 4.99 Å². The Hall–Kier alpha value is -2.80. The molecule has 30 heavy (non-hydrogen) atoms. The first-order chi connectivity index (χ1) is 14.5. The topological polar surface area (TPSA) is 65.0 Å². The van der Waals surface area contributed by atoms with Gasteiger partial charge in [0.1, 0.15) is 6.54 Å². The first-order valence-corrected chi connectivity index (χ1v) is 11.1. The minimum Gasteiger partial charge on any atom is -0.370 e. The Bertz CT molecular complexity index is 927. The van der Waals surface area contributed by atoms with Crippen LogP contribution >= 0.6 is 11.8 Å². The van der Waals surface area contributed by atoms with Gasteiger partial charge in [0.2, 0.25) is 5.91 Å². The maximum atomic E-state index is 12.3. The number of carbonyl (C=O) groups excluding carboxylic acids is 2. The molecule has 0 spiro atoms. The van der Waals surface area contributed by atoms with Gasteiger partial charge in [-0.2, -0.15) is 0 Å². The van der Waals surface area contributed by atoms with Crippen LogP contribution in [0, 0.1) is 13.8 Å². The summed E-state index contributed by atoms with van der Waals surface area (Å²) in [5.41, 5.74) is 4.29. The molecule has 1 aliphatic heterocycles. The number of thioether (sulfide) groups is 1. The molecule has 2 aromatic carbocycles. The summed E-state index contributed by atoms with van der Waals surface area (Å²) < 4.78 is 0. The van der Waals surface area contributed by atoms with Gasteiger partial charge in [-0.25, -0.2) is 0 Å². The van der Waals surface area contributed by atoms with Crippen LogP contribution in [0.5, 0.6) is 0 Å². The van der Waals surface area contributed by atoms with Crippen LogP contribution < -0.4 is 15.1 Å². The minimum absolute atomic E-state index is 0.0637. The molecule has 6 nitrogen and oxygen atoms in total. The number of nitrogens with zero attached hydrogens (tertiary/aromatic N) is 3. The summed E-state index contributed by atoms with van der Waals surface area (Å²) in [6, 6.07) is 16.1. The molecule has 0 radical (unpaired) electrons. The largest absolute Gasteiger partial charge is 0.370 e. The van der Waals surface area contributed by atoms with E-state index in [-0.39, 0.29) is 24.1 Å². The molecular weight excluding hydrogens is 396 g/mol. The highest BCUT2D eigenvalue weighted by molar-refractivity contribution is 8.14. The smallest absolute Gasteiger partial charge is 0.254 e. The molecule has 1 aliphatic rings. The van der Waals surface area contributed by atoms with E-state index < -0.39 is 0 Å². The lowest BCUT2D eigenvalue weighted by molar-refractivity contribution is -0.118. The summed E-state index contributed by atoms with van der Waals surface area (Å²) in [7, 11) is 0. The van der Waals surface area contributed by atoms with Crippen LogP contribution in [0.2, 0.25) is 0 Å². The van der Waals surface area contributed by atoms with Gasteiger partial charge in [-0.15, -0.1) is 0 Å². The summed E-state index contributed by atoms with van der Waals surface area (Å²) in [5, 5.41) is 3.55. The number of likely N-dealkylation sites (N-methyl/N-ethyl adjacent to an activating group) is 1. The number of nitrogens with one attached hydrogen (secondary N) is 1. The number of carbonyl (C=O) groups is 2. The van der Waals surface area contributed by atoms with Crippen molar-refractivity contribution in [3.8, 4) is 0 Å². The fourth-order valence-corrected chi connectivity index (χ4v) is 4.10. The summed E-state index contributed by atoms with van der Waals surface area (Å²) in [6.07, 6.45) is 0. The molecule has 0 atom stereocenters. The van der Waals surface area contributed by atoms with Crippen LogP contribution in [-0.4, -0.2) is 48.9 Å². The van der Waals surface area contributed by atoms with Crippen molar-refractivity contribution < 1.29 is 9.59 Å². The quantitative estimate of drug-likeness (QED) is 0.706. The lowest BCUT2D eigenvalue weighted by Crippen LogP contribution is -2.36. The zero-order valence-electron chi connectivity index (χ0n) is 17.7. The van der Waals surface area contributed by atoms with Gasteiger partial charge in [0, 0.05) is 25.3 Å². The van der Waals surface area contributed by atoms with Crippen LogP contribution in [0.4, 0.5) is 11.4 Å². The third kappa shape index (κ3) is 5.63. The van der Waals surface area contributed by atoms with Gasteiger partial charge in [-0.1, -0.05) is 41.6 Å². The normalized spacial score (nSPS) is 13.4. The summed E-state index contributed by atoms with van der Waals surface area (Å²) >= 11 is 1.30. The van der Waals surface area contributed by atoms with Crippen LogP contribution in [0.1, 0.15) is 18.1 Å². The van der Waals surface area contributed by atoms with Gasteiger partial charge in [0.25, 0.3) is 5.91 Å². The molecule has 0 aromatic heterocycles. The third-order valence-electron chi connectivity index (χ3n) is 4.87. The Morgan fingerprint density at radius 2 is 1.93 bits per heavy atom. The number of rotatable bonds is 8. The van der Waals surface area contributed by atoms with Crippen molar-refractivity contribution in [1.82, 2.24) is 5.32 Å². The van der Waals surface area contributed by atoms with E-state index in [4.69, 9.17) is 0 Å². The van der Waals surface area contributed by atoms with Crippen molar-refractivity contribution >= 4 is 40.1 Å². The SMILES string of the molecule is CCN(CCNC(=O)CSC1=NCC(=O)N1c1ccc(C)cc1)c1cccc(C)c1. The fraction of sp³-hybridized carbons (Fsp3) is 0.348. The summed E-state index contributed by atoms with van der Waals surface area (Å²) in [5.74, 6) is 0.0927. The van der Waals surface area contributed by atoms with E-state index in [9.17, 15) is 9.59 Å². The highest BCUT2D eigenvalue weighted by Gasteiger charge is 2.27. The van der Waals surface area contributed by atoms with E-state index in [0.29, 0.717) is 11.7 Å². The maximum absolute atomic E-state index is 12.3. The van der Waals surface area contributed by atoms with Crippen LogP contribution in [0.15, 0.2) is 53.5 Å². The Morgan fingerprint density at radius 1 is 1.17 bits per heavy atom. The molecule has 0 saturated heterocycles. The molecular formula is C23H28N4O2S. The Kier molecular flexibility index (Phi) is 7.52. The average molecular weight is 425 g/mol. The van der Waals surface area contributed by atoms with Crippen LogP contribution in [-0.2, 0) is 9.59 Å². The van der Waals surface area contributed by atoms with E-state index in [2.05, 4.69) is 47.3 Å². The average Bonchev–Trinajstić information content (AvgIpc) is 3.10. The molecule has 0 bridgehead atoms. The second-order valence-electron chi connectivity index (χ2n) is 7.22. The van der Waals surface area contributed by atoms with Crippen molar-refractivity contribution in [3.05, 3.63) is 59.7 Å². The zero-order chi connectivity index (χ0) is 21.5. The Morgan fingerprint density at radius 3 is 2.63 bits per heavy atom. The molecule has 1 heterocycles. The number of aryl methyl sites for hydroxylation is 2. The third-order valence-corrected chi connectivity index (χ3v) is 5.84. The number of hydrogen-bond acceptors (Lipinski definition) is 5. The van der Waals surface area contributed by atoms with Crippen molar-refractivity contribution in [2.75, 3.05) is 41.7 Å². The van der Waals surface area contributed by atoms with Gasteiger partial charge in [0.05, 0.1) is 11.4 Å². The molecule has 158 valence electrons. The first-order valence-electron chi connectivity index (χ1n) is 10.1. The van der Waals surface area contributed by atoms with Crippen molar-refractivity contribution in [2.45, 2.75) is 20.8 Å². The van der Waals surface area contributed by atoms with E-state index in [0.717, 1.165) is 30.0 Å². The van der Waals surface area contributed by atoms with E-state index in [1.54, 1.807) is 4.90 Å². The molecule has 0 fully saturated rings. The fourth-order valence-electron chi connectivity index (χ4n) is 3.25. The number of anilines is 2. The van der Waals surface area contributed by atoms with E-state index in [1.165, 1.54) is 17.3 Å². The summed E-state index contributed by atoms with van der Waals surface area (Å²) in [4.78, 5) is 32.7. The number of hydrogen-bond donors (Lipinski definition) is 1. The predicted octanol–water partition coefficient (Wildman–Crippen LogP) is 3.38. The summed E-state index contributed by atoms with van der Waals surface area (Å²) in [6.45, 7) is 8.49. The van der Waals surface area contributed by atoms with Gasteiger partial charge < -0.3 is 10.2 Å². The molecule has 0 saturated carbocycles. The number of benzene rings is 2. The lowest BCUT2D eigenvalue weighted by atomic mass is 10.2. The molecule has 0 unspecified atom stereocenters.